The third kappa shape index (κ3) is 3.30. The Morgan fingerprint density at radius 1 is 1.44 bits per heavy atom. The van der Waals surface area contributed by atoms with Crippen molar-refractivity contribution >= 4 is 11.3 Å². The molecule has 0 saturated carbocycles. The molecule has 2 heterocycles. The van der Waals surface area contributed by atoms with E-state index >= 15 is 0 Å². The number of piperidine rings is 1. The van der Waals surface area contributed by atoms with Crippen molar-refractivity contribution in [3.8, 4) is 0 Å². The predicted octanol–water partition coefficient (Wildman–Crippen LogP) is 2.71. The Labute approximate surface area is 103 Å². The zero-order chi connectivity index (χ0) is 11.2. The lowest BCUT2D eigenvalue weighted by Crippen LogP contribution is -2.43. The molecule has 0 amide bonds. The molecule has 2 nitrogen and oxygen atoms in total. The summed E-state index contributed by atoms with van der Waals surface area (Å²) < 4.78 is 0. The Bertz CT molecular complexity index is 278. The van der Waals surface area contributed by atoms with Crippen LogP contribution in [0.2, 0.25) is 0 Å². The molecule has 0 atom stereocenters. The van der Waals surface area contributed by atoms with E-state index in [9.17, 15) is 0 Å². The van der Waals surface area contributed by atoms with Gasteiger partial charge in [-0.3, -0.25) is 4.90 Å². The summed E-state index contributed by atoms with van der Waals surface area (Å²) in [5.74, 6) is 0. The van der Waals surface area contributed by atoms with E-state index in [4.69, 9.17) is 0 Å². The highest BCUT2D eigenvalue weighted by atomic mass is 32.1. The van der Waals surface area contributed by atoms with Gasteiger partial charge in [0.25, 0.3) is 0 Å². The molecule has 0 unspecified atom stereocenters. The van der Waals surface area contributed by atoms with Crippen LogP contribution in [0.4, 0.5) is 0 Å². The van der Waals surface area contributed by atoms with E-state index in [0.717, 1.165) is 12.6 Å². The van der Waals surface area contributed by atoms with Gasteiger partial charge >= 0.3 is 0 Å². The first-order valence-corrected chi connectivity index (χ1v) is 7.30. The molecule has 0 radical (unpaired) electrons. The van der Waals surface area contributed by atoms with Gasteiger partial charge in [0.1, 0.15) is 0 Å². The molecule has 90 valence electrons. The number of hydrogen-bond acceptors (Lipinski definition) is 3. The molecule has 3 heteroatoms. The predicted molar refractivity (Wildman–Crippen MR) is 70.9 cm³/mol. The van der Waals surface area contributed by atoms with Gasteiger partial charge in [-0.15, -0.1) is 0 Å². The lowest BCUT2D eigenvalue weighted by atomic mass is 10.0. The zero-order valence-corrected chi connectivity index (χ0v) is 10.9. The number of rotatable bonds is 5. The van der Waals surface area contributed by atoms with E-state index in [0.29, 0.717) is 0 Å². The van der Waals surface area contributed by atoms with Crippen LogP contribution < -0.4 is 5.32 Å². The highest BCUT2D eigenvalue weighted by molar-refractivity contribution is 7.07. The average Bonchev–Trinajstić information content (AvgIpc) is 2.83. The van der Waals surface area contributed by atoms with Gasteiger partial charge < -0.3 is 5.32 Å². The van der Waals surface area contributed by atoms with Crippen LogP contribution in [0, 0.1) is 0 Å². The van der Waals surface area contributed by atoms with Crippen LogP contribution >= 0.6 is 11.3 Å². The molecule has 1 N–H and O–H groups in total. The van der Waals surface area contributed by atoms with E-state index in [-0.39, 0.29) is 0 Å². The van der Waals surface area contributed by atoms with Gasteiger partial charge in [-0.05, 0) is 61.3 Å². The summed E-state index contributed by atoms with van der Waals surface area (Å²) in [6, 6.07) is 3.05. The third-order valence-electron chi connectivity index (χ3n) is 3.30. The van der Waals surface area contributed by atoms with Crippen LogP contribution in [0.15, 0.2) is 16.8 Å². The molecule has 1 aromatic rings. The van der Waals surface area contributed by atoms with Crippen LogP contribution in [-0.2, 0) is 6.54 Å². The summed E-state index contributed by atoms with van der Waals surface area (Å²) in [6.07, 6.45) is 3.88. The fourth-order valence-corrected chi connectivity index (χ4v) is 3.13. The standard InChI is InChI=1S/C13H22N2S/c1-2-8-15(10-12-5-9-16-11-12)13-3-6-14-7-4-13/h5,9,11,13-14H,2-4,6-8,10H2,1H3. The Morgan fingerprint density at radius 3 is 2.88 bits per heavy atom. The lowest BCUT2D eigenvalue weighted by Gasteiger charge is -2.34. The molecule has 1 aliphatic rings. The number of hydrogen-bond donors (Lipinski definition) is 1. The molecule has 0 aliphatic carbocycles. The van der Waals surface area contributed by atoms with Gasteiger partial charge in [-0.25, -0.2) is 0 Å². The molecule has 0 spiro atoms. The molecule has 1 aliphatic heterocycles. The van der Waals surface area contributed by atoms with E-state index in [1.807, 2.05) is 11.3 Å². The fourth-order valence-electron chi connectivity index (χ4n) is 2.47. The molecule has 1 fully saturated rings. The minimum absolute atomic E-state index is 0.793. The Morgan fingerprint density at radius 2 is 2.25 bits per heavy atom. The molecular formula is C13H22N2S. The quantitative estimate of drug-likeness (QED) is 0.848. The van der Waals surface area contributed by atoms with Gasteiger partial charge in [0.15, 0.2) is 0 Å². The van der Waals surface area contributed by atoms with Crippen molar-refractivity contribution in [3.05, 3.63) is 22.4 Å². The van der Waals surface area contributed by atoms with Crippen LogP contribution in [0.1, 0.15) is 31.7 Å². The third-order valence-corrected chi connectivity index (χ3v) is 4.03. The molecular weight excluding hydrogens is 216 g/mol. The van der Waals surface area contributed by atoms with Crippen LogP contribution in [-0.4, -0.2) is 30.6 Å². The highest BCUT2D eigenvalue weighted by Gasteiger charge is 2.20. The van der Waals surface area contributed by atoms with Gasteiger partial charge in [0, 0.05) is 12.6 Å². The largest absolute Gasteiger partial charge is 0.317 e. The maximum atomic E-state index is 3.45. The highest BCUT2D eigenvalue weighted by Crippen LogP contribution is 2.17. The van der Waals surface area contributed by atoms with Crippen molar-refractivity contribution in [1.29, 1.82) is 0 Å². The normalized spacial score (nSPS) is 18.1. The van der Waals surface area contributed by atoms with Gasteiger partial charge in [-0.2, -0.15) is 11.3 Å². The monoisotopic (exact) mass is 238 g/mol. The molecule has 0 bridgehead atoms. The number of nitrogens with zero attached hydrogens (tertiary/aromatic N) is 1. The first-order chi connectivity index (χ1) is 7.90. The molecule has 16 heavy (non-hydrogen) atoms. The fraction of sp³-hybridized carbons (Fsp3) is 0.692. The van der Waals surface area contributed by atoms with Crippen molar-refractivity contribution in [2.24, 2.45) is 0 Å². The number of thiophene rings is 1. The summed E-state index contributed by atoms with van der Waals surface area (Å²) >= 11 is 1.81. The average molecular weight is 238 g/mol. The molecule has 0 aromatic carbocycles. The minimum atomic E-state index is 0.793. The van der Waals surface area contributed by atoms with E-state index in [1.165, 1.54) is 44.5 Å². The first-order valence-electron chi connectivity index (χ1n) is 6.36. The van der Waals surface area contributed by atoms with E-state index < -0.39 is 0 Å². The summed E-state index contributed by atoms with van der Waals surface area (Å²) in [6.45, 7) is 7.03. The molecule has 2 rings (SSSR count). The summed E-state index contributed by atoms with van der Waals surface area (Å²) in [4.78, 5) is 2.67. The second kappa shape index (κ2) is 6.38. The van der Waals surface area contributed by atoms with Crippen molar-refractivity contribution in [2.45, 2.75) is 38.8 Å². The maximum Gasteiger partial charge on any atom is 0.0244 e. The topological polar surface area (TPSA) is 15.3 Å². The number of nitrogens with one attached hydrogen (secondary N) is 1. The second-order valence-corrected chi connectivity index (χ2v) is 5.36. The SMILES string of the molecule is CCCN(Cc1ccsc1)C1CCNCC1. The Hall–Kier alpha value is -0.380. The van der Waals surface area contributed by atoms with Gasteiger partial charge in [0.2, 0.25) is 0 Å². The van der Waals surface area contributed by atoms with Crippen molar-refractivity contribution in [3.63, 3.8) is 0 Å². The summed E-state index contributed by atoms with van der Waals surface area (Å²) in [5, 5.41) is 7.91. The van der Waals surface area contributed by atoms with Gasteiger partial charge in [-0.1, -0.05) is 6.92 Å². The Balaban J connectivity index is 1.92. The summed E-state index contributed by atoms with van der Waals surface area (Å²) in [7, 11) is 0. The van der Waals surface area contributed by atoms with Crippen molar-refractivity contribution in [1.82, 2.24) is 10.2 Å². The van der Waals surface area contributed by atoms with Crippen LogP contribution in [0.25, 0.3) is 0 Å². The summed E-state index contributed by atoms with van der Waals surface area (Å²) in [5.41, 5.74) is 1.48. The van der Waals surface area contributed by atoms with Crippen LogP contribution in [0.3, 0.4) is 0 Å². The molecule has 1 saturated heterocycles. The zero-order valence-electron chi connectivity index (χ0n) is 10.1. The minimum Gasteiger partial charge on any atom is -0.317 e. The van der Waals surface area contributed by atoms with Gasteiger partial charge in [0.05, 0.1) is 0 Å². The Kier molecular flexibility index (Phi) is 4.82. The molecule has 1 aromatic heterocycles. The van der Waals surface area contributed by atoms with Crippen LogP contribution in [0.5, 0.6) is 0 Å². The maximum absolute atomic E-state index is 3.45. The van der Waals surface area contributed by atoms with Crippen molar-refractivity contribution in [2.75, 3.05) is 19.6 Å². The van der Waals surface area contributed by atoms with Crippen molar-refractivity contribution < 1.29 is 0 Å². The second-order valence-electron chi connectivity index (χ2n) is 4.58. The van der Waals surface area contributed by atoms with E-state index in [1.54, 1.807) is 0 Å². The first kappa shape index (κ1) is 12.1. The van der Waals surface area contributed by atoms with E-state index in [2.05, 4.69) is 34.0 Å². The lowest BCUT2D eigenvalue weighted by molar-refractivity contribution is 0.154. The smallest absolute Gasteiger partial charge is 0.0244 e.